The molecule has 0 aliphatic heterocycles. The molecule has 0 fully saturated rings. The molecule has 2 heterocycles. The van der Waals surface area contributed by atoms with Gasteiger partial charge in [-0.05, 0) is 24.3 Å². The summed E-state index contributed by atoms with van der Waals surface area (Å²) >= 11 is 0. The molecule has 0 saturated heterocycles. The van der Waals surface area contributed by atoms with Gasteiger partial charge < -0.3 is 10.2 Å². The van der Waals surface area contributed by atoms with Gasteiger partial charge in [0.1, 0.15) is 11.4 Å². The zero-order chi connectivity index (χ0) is 27.0. The molecule has 194 valence electrons. The van der Waals surface area contributed by atoms with E-state index in [4.69, 9.17) is 9.97 Å². The van der Waals surface area contributed by atoms with E-state index >= 15 is 0 Å². The summed E-state index contributed by atoms with van der Waals surface area (Å²) in [7, 11) is -1.73. The van der Waals surface area contributed by atoms with Gasteiger partial charge in [-0.25, -0.2) is 0 Å². The number of hydrogen-bond donors (Lipinski definition) is 2. The number of rotatable bonds is 9. The topological polar surface area (TPSA) is 49.8 Å². The van der Waals surface area contributed by atoms with Gasteiger partial charge in [-0.2, -0.15) is 0 Å². The monoisotopic (exact) mass is 554 g/mol. The zero-order valence-electron chi connectivity index (χ0n) is 21.8. The maximum atomic E-state index is 4.86. The molecule has 6 aromatic rings. The normalized spacial score (nSPS) is 10.9. The van der Waals surface area contributed by atoms with Crippen molar-refractivity contribution < 1.29 is 0 Å². The highest BCUT2D eigenvalue weighted by Gasteiger charge is 2.21. The first-order valence-electron chi connectivity index (χ1n) is 13.1. The number of nitrogens with one attached hydrogen (secondary N) is 2. The highest BCUT2D eigenvalue weighted by Crippen LogP contribution is 2.42. The van der Waals surface area contributed by atoms with E-state index < -0.39 is 16.1 Å². The van der Waals surface area contributed by atoms with Crippen molar-refractivity contribution in [2.75, 3.05) is 10.2 Å². The fraction of sp³-hybridized carbons (Fsp3) is 0. The van der Waals surface area contributed by atoms with Gasteiger partial charge in [-0.15, -0.1) is 0 Å². The van der Waals surface area contributed by atoms with Gasteiger partial charge in [0.2, 0.25) is 0 Å². The standard InChI is InChI=1S/C34H28N4P2/c1-5-15-27(16-6-1)39(28-17-7-2-8-18-28)37-31-23-13-25-35-33(31)34-32(24-14-26-36-34)38-40(29-19-9-3-10-20-29)30-21-11-4-12-22-30/h1-26,37-38H. The fourth-order valence-electron chi connectivity index (χ4n) is 4.47. The van der Waals surface area contributed by atoms with Crippen LogP contribution in [0.5, 0.6) is 0 Å². The second-order valence-electron chi connectivity index (χ2n) is 9.04. The summed E-state index contributed by atoms with van der Waals surface area (Å²) in [4.78, 5) is 9.71. The van der Waals surface area contributed by atoms with E-state index in [2.05, 4.69) is 144 Å². The first-order chi connectivity index (χ1) is 19.9. The van der Waals surface area contributed by atoms with Crippen LogP contribution in [0.3, 0.4) is 0 Å². The van der Waals surface area contributed by atoms with Crippen molar-refractivity contribution in [3.63, 3.8) is 0 Å². The summed E-state index contributed by atoms with van der Waals surface area (Å²) in [5.74, 6) is 0. The predicted octanol–water partition coefficient (Wildman–Crippen LogP) is 7.06. The van der Waals surface area contributed by atoms with Gasteiger partial charge in [0.25, 0.3) is 0 Å². The quantitative estimate of drug-likeness (QED) is 0.188. The van der Waals surface area contributed by atoms with E-state index in [9.17, 15) is 0 Å². The molecular weight excluding hydrogens is 526 g/mol. The Morgan fingerprint density at radius 3 is 0.950 bits per heavy atom. The molecule has 40 heavy (non-hydrogen) atoms. The molecule has 0 radical (unpaired) electrons. The second-order valence-corrected chi connectivity index (χ2v) is 12.9. The number of nitrogens with zero attached hydrogens (tertiary/aromatic N) is 2. The van der Waals surface area contributed by atoms with Gasteiger partial charge in [0.15, 0.2) is 0 Å². The maximum absolute atomic E-state index is 4.86. The van der Waals surface area contributed by atoms with Crippen LogP contribution in [0.25, 0.3) is 11.4 Å². The molecule has 6 heteroatoms. The van der Waals surface area contributed by atoms with Gasteiger partial charge in [0.05, 0.1) is 27.5 Å². The molecule has 4 aromatic carbocycles. The van der Waals surface area contributed by atoms with E-state index in [-0.39, 0.29) is 0 Å². The Morgan fingerprint density at radius 1 is 0.350 bits per heavy atom. The minimum Gasteiger partial charge on any atom is -0.355 e. The van der Waals surface area contributed by atoms with Crippen LogP contribution < -0.4 is 31.4 Å². The van der Waals surface area contributed by atoms with Crippen molar-refractivity contribution in [1.29, 1.82) is 0 Å². The van der Waals surface area contributed by atoms with Crippen LogP contribution in [-0.2, 0) is 0 Å². The molecule has 0 bridgehead atoms. The lowest BCUT2D eigenvalue weighted by Gasteiger charge is -2.24. The lowest BCUT2D eigenvalue weighted by atomic mass is 10.2. The lowest BCUT2D eigenvalue weighted by Crippen LogP contribution is -2.18. The zero-order valence-corrected chi connectivity index (χ0v) is 23.6. The van der Waals surface area contributed by atoms with Crippen LogP contribution in [-0.4, -0.2) is 9.97 Å². The third kappa shape index (κ3) is 5.95. The fourth-order valence-corrected chi connectivity index (χ4v) is 8.31. The largest absolute Gasteiger partial charge is 0.355 e. The highest BCUT2D eigenvalue weighted by atomic mass is 31.1. The Hall–Kier alpha value is -4.36. The molecule has 6 rings (SSSR count). The van der Waals surface area contributed by atoms with Crippen molar-refractivity contribution in [3.8, 4) is 11.4 Å². The highest BCUT2D eigenvalue weighted by molar-refractivity contribution is 7.74. The van der Waals surface area contributed by atoms with Crippen molar-refractivity contribution in [1.82, 2.24) is 9.97 Å². The Labute approximate surface area is 237 Å². The molecule has 0 aliphatic carbocycles. The summed E-state index contributed by atoms with van der Waals surface area (Å²) in [6.07, 6.45) is 3.67. The first kappa shape index (κ1) is 25.9. The minimum absolute atomic E-state index is 0.820. The second kappa shape index (κ2) is 12.7. The molecule has 0 unspecified atom stereocenters. The van der Waals surface area contributed by atoms with Crippen LogP contribution in [0.15, 0.2) is 158 Å². The van der Waals surface area contributed by atoms with Crippen LogP contribution >= 0.6 is 16.1 Å². The van der Waals surface area contributed by atoms with Crippen LogP contribution in [0.4, 0.5) is 11.4 Å². The number of benzene rings is 4. The smallest absolute Gasteiger partial charge is 0.114 e. The molecule has 2 aromatic heterocycles. The van der Waals surface area contributed by atoms with Crippen molar-refractivity contribution in [3.05, 3.63) is 158 Å². The van der Waals surface area contributed by atoms with Gasteiger partial charge in [0, 0.05) is 33.6 Å². The molecule has 0 amide bonds. The summed E-state index contributed by atoms with van der Waals surface area (Å²) < 4.78 is 0. The SMILES string of the molecule is c1ccc(P(Nc2cccnc2-c2ncccc2NP(c2ccccc2)c2ccccc2)c2ccccc2)cc1. The van der Waals surface area contributed by atoms with Gasteiger partial charge >= 0.3 is 0 Å². The van der Waals surface area contributed by atoms with E-state index in [0.29, 0.717) is 0 Å². The van der Waals surface area contributed by atoms with E-state index in [1.54, 1.807) is 0 Å². The van der Waals surface area contributed by atoms with Crippen LogP contribution in [0, 0.1) is 0 Å². The van der Waals surface area contributed by atoms with E-state index in [1.807, 2.05) is 24.5 Å². The average Bonchev–Trinajstić information content (AvgIpc) is 3.04. The van der Waals surface area contributed by atoms with E-state index in [0.717, 1.165) is 22.8 Å². The Bertz CT molecular complexity index is 1440. The van der Waals surface area contributed by atoms with Crippen LogP contribution in [0.1, 0.15) is 0 Å². The van der Waals surface area contributed by atoms with Crippen LogP contribution in [0.2, 0.25) is 0 Å². The molecule has 0 saturated carbocycles. The van der Waals surface area contributed by atoms with E-state index in [1.165, 1.54) is 21.2 Å². The third-order valence-electron chi connectivity index (χ3n) is 6.36. The number of aromatic nitrogens is 2. The van der Waals surface area contributed by atoms with Crippen molar-refractivity contribution >= 4 is 48.7 Å². The summed E-state index contributed by atoms with van der Waals surface area (Å²) in [5.41, 5.74) is 3.54. The van der Waals surface area contributed by atoms with Gasteiger partial charge in [-0.1, -0.05) is 121 Å². The molecule has 2 N–H and O–H groups in total. The number of hydrogen-bond acceptors (Lipinski definition) is 4. The van der Waals surface area contributed by atoms with Crippen molar-refractivity contribution in [2.45, 2.75) is 0 Å². The third-order valence-corrected chi connectivity index (χ3v) is 10.5. The Balaban J connectivity index is 1.40. The van der Waals surface area contributed by atoms with Gasteiger partial charge in [-0.3, -0.25) is 9.97 Å². The first-order valence-corrected chi connectivity index (χ1v) is 15.8. The predicted molar refractivity (Wildman–Crippen MR) is 173 cm³/mol. The molecule has 0 spiro atoms. The maximum Gasteiger partial charge on any atom is 0.114 e. The number of anilines is 2. The Kier molecular flexibility index (Phi) is 8.20. The summed E-state index contributed by atoms with van der Waals surface area (Å²) in [5, 5.41) is 12.7. The summed E-state index contributed by atoms with van der Waals surface area (Å²) in [6, 6.07) is 50.6. The molecule has 0 atom stereocenters. The minimum atomic E-state index is -0.866. The number of pyridine rings is 2. The molecule has 4 nitrogen and oxygen atoms in total. The Morgan fingerprint density at radius 2 is 0.650 bits per heavy atom. The molecule has 0 aliphatic rings. The molecular formula is C34H28N4P2. The van der Waals surface area contributed by atoms with Crippen molar-refractivity contribution in [2.24, 2.45) is 0 Å². The lowest BCUT2D eigenvalue weighted by molar-refractivity contribution is 1.25. The average molecular weight is 555 g/mol. The summed E-state index contributed by atoms with van der Waals surface area (Å²) in [6.45, 7) is 0.